The van der Waals surface area contributed by atoms with Crippen molar-refractivity contribution in [1.29, 1.82) is 0 Å². The van der Waals surface area contributed by atoms with Gasteiger partial charge in [-0.05, 0) is 138 Å². The number of aryl methyl sites for hydroxylation is 2. The Hall–Kier alpha value is -7.72. The van der Waals surface area contributed by atoms with Gasteiger partial charge < -0.3 is 18.3 Å². The van der Waals surface area contributed by atoms with Crippen LogP contribution < -0.4 is 40.5 Å². The van der Waals surface area contributed by atoms with Gasteiger partial charge in [0.2, 0.25) is 20.0 Å². The second-order valence-electron chi connectivity index (χ2n) is 24.7. The maximum atomic E-state index is 14.0. The zero-order valence-corrected chi connectivity index (χ0v) is 57.5. The van der Waals surface area contributed by atoms with Crippen molar-refractivity contribution in [3.8, 4) is 11.5 Å². The molecule has 0 fully saturated rings. The average Bonchev–Trinajstić information content (AvgIpc) is 0.860. The lowest BCUT2D eigenvalue weighted by molar-refractivity contribution is -0.385. The molecule has 0 aromatic heterocycles. The third-order valence-corrected chi connectivity index (χ3v) is 29.6. The van der Waals surface area contributed by atoms with E-state index in [0.717, 1.165) is 20.7 Å². The number of benzene rings is 9. The monoisotopic (exact) mass is 1410 g/mol. The largest absolute Gasteiger partial charge is 0.484 e. The highest BCUT2D eigenvalue weighted by molar-refractivity contribution is 14.1. The van der Waals surface area contributed by atoms with E-state index < -0.39 is 80.6 Å². The number of non-ortho nitro benzene ring substituents is 2. The third-order valence-electron chi connectivity index (χ3n) is 16.6. The predicted molar refractivity (Wildman–Crippen MR) is 370 cm³/mol. The second kappa shape index (κ2) is 27.6. The Kier molecular flexibility index (Phi) is 20.5. The maximum absolute atomic E-state index is 14.0. The zero-order chi connectivity index (χ0) is 65.7. The van der Waals surface area contributed by atoms with Crippen LogP contribution in [0.3, 0.4) is 0 Å². The van der Waals surface area contributed by atoms with Crippen molar-refractivity contribution in [3.05, 3.63) is 282 Å². The van der Waals surface area contributed by atoms with Crippen molar-refractivity contribution in [2.45, 2.75) is 99.3 Å². The smallest absolute Gasteiger partial charge is 0.269 e. The van der Waals surface area contributed by atoms with Crippen LogP contribution in [0.1, 0.15) is 99.0 Å². The zero-order valence-electron chi connectivity index (χ0n) is 51.7. The van der Waals surface area contributed by atoms with Crippen LogP contribution in [-0.4, -0.2) is 56.5 Å². The molecular formula is C70H73IN4O12S2Si2. The molecule has 0 saturated carbocycles. The summed E-state index contributed by atoms with van der Waals surface area (Å²) in [7, 11) is -15.8. The lowest BCUT2D eigenvalue weighted by Crippen LogP contribution is -2.67. The highest BCUT2D eigenvalue weighted by Crippen LogP contribution is 2.47. The van der Waals surface area contributed by atoms with Crippen LogP contribution in [0.5, 0.6) is 11.5 Å². The van der Waals surface area contributed by atoms with Crippen LogP contribution in [0.25, 0.3) is 0 Å². The van der Waals surface area contributed by atoms with Gasteiger partial charge in [0.05, 0.1) is 23.2 Å². The van der Waals surface area contributed by atoms with Crippen molar-refractivity contribution in [2.75, 3.05) is 13.2 Å². The Balaban J connectivity index is 1.26. The fraction of sp³-hybridized carbons (Fsp3) is 0.229. The Bertz CT molecular complexity index is 3930. The fourth-order valence-electron chi connectivity index (χ4n) is 12.3. The first-order valence-electron chi connectivity index (χ1n) is 29.4. The normalized spacial score (nSPS) is 13.8. The van der Waals surface area contributed by atoms with E-state index in [0.29, 0.717) is 25.8 Å². The van der Waals surface area contributed by atoms with E-state index in [1.165, 1.54) is 36.4 Å². The maximum Gasteiger partial charge on any atom is 0.269 e. The number of ether oxygens (including phenoxy) is 2. The predicted octanol–water partition coefficient (Wildman–Crippen LogP) is 13.0. The van der Waals surface area contributed by atoms with Crippen molar-refractivity contribution in [3.63, 3.8) is 0 Å². The van der Waals surface area contributed by atoms with Gasteiger partial charge >= 0.3 is 0 Å². The lowest BCUT2D eigenvalue weighted by atomic mass is 9.88. The van der Waals surface area contributed by atoms with Crippen LogP contribution in [0, 0.1) is 37.6 Å². The summed E-state index contributed by atoms with van der Waals surface area (Å²) in [6.07, 6.45) is -2.37. The summed E-state index contributed by atoms with van der Waals surface area (Å²) in [5.74, 6) is -1.59. The molecule has 0 heterocycles. The molecule has 4 N–H and O–H groups in total. The molecule has 9 rings (SSSR count). The molecule has 91 heavy (non-hydrogen) atoms. The molecule has 4 atom stereocenters. The summed E-state index contributed by atoms with van der Waals surface area (Å²) < 4.78 is 86.4. The average molecular weight is 1410 g/mol. The van der Waals surface area contributed by atoms with Gasteiger partial charge in [-0.3, -0.25) is 20.2 Å². The van der Waals surface area contributed by atoms with Gasteiger partial charge in [-0.15, -0.1) is 0 Å². The molecule has 0 aliphatic carbocycles. The van der Waals surface area contributed by atoms with E-state index >= 15 is 0 Å². The Morgan fingerprint density at radius 1 is 0.451 bits per heavy atom. The van der Waals surface area contributed by atoms with E-state index in [1.54, 1.807) is 66.7 Å². The molecule has 0 spiro atoms. The van der Waals surface area contributed by atoms with E-state index in [1.807, 2.05) is 135 Å². The van der Waals surface area contributed by atoms with Crippen molar-refractivity contribution < 1.29 is 45.0 Å². The molecule has 16 nitrogen and oxygen atoms in total. The molecule has 0 unspecified atom stereocenters. The quantitative estimate of drug-likeness (QED) is 0.0248. The summed E-state index contributed by atoms with van der Waals surface area (Å²) in [6.45, 7) is 16.1. The van der Waals surface area contributed by atoms with E-state index in [-0.39, 0.29) is 57.0 Å². The van der Waals surface area contributed by atoms with Gasteiger partial charge in [0.25, 0.3) is 28.0 Å². The number of hydrogen-bond donors (Lipinski definition) is 2. The molecule has 9 aromatic carbocycles. The van der Waals surface area contributed by atoms with Crippen molar-refractivity contribution in [2.24, 2.45) is 10.3 Å². The van der Waals surface area contributed by atoms with Crippen molar-refractivity contribution >= 4 is 91.4 Å². The molecule has 0 saturated heterocycles. The number of hydrogen-bond acceptors (Lipinski definition) is 12. The number of nitro groups is 2. The van der Waals surface area contributed by atoms with E-state index in [4.69, 9.17) is 28.6 Å². The second-order valence-corrected chi connectivity index (χ2v) is 37.4. The highest BCUT2D eigenvalue weighted by Gasteiger charge is 2.53. The SMILES string of the molecule is Cc1ccc(S(N)(=O)=O)c([C@@H](CO[Si](c2ccccc2)(c2ccccc2)C(C)(C)C)[C@@H](Oc2cccc(O[C@@H](c3ccc([N+](=O)[O-])cc3)[C@H](CO[Si](c3ccccc3)(c3ccccc3)C(C)(C)C)c3cc(C)ccc3S(N)(=O)=O)c2I)c2ccc([N+](=O)[O-])cc2)c1. The van der Waals surface area contributed by atoms with Crippen molar-refractivity contribution in [1.82, 2.24) is 0 Å². The van der Waals surface area contributed by atoms with Crippen LogP contribution >= 0.6 is 22.6 Å². The van der Waals surface area contributed by atoms with E-state index in [9.17, 15) is 37.1 Å². The number of rotatable bonds is 24. The molecule has 9 aromatic rings. The number of nitro benzene ring substituents is 2. The Labute approximate surface area is 548 Å². The van der Waals surface area contributed by atoms with Gasteiger partial charge in [0.15, 0.2) is 0 Å². The van der Waals surface area contributed by atoms with Gasteiger partial charge in [0.1, 0.15) is 23.7 Å². The first-order valence-corrected chi connectivity index (χ1v) is 37.4. The molecule has 0 aliphatic rings. The minimum atomic E-state index is -4.45. The minimum absolute atomic E-state index is 0.161. The van der Waals surface area contributed by atoms with Crippen LogP contribution in [0.2, 0.25) is 10.1 Å². The third kappa shape index (κ3) is 14.6. The first kappa shape index (κ1) is 67.7. The highest BCUT2D eigenvalue weighted by atomic mass is 127. The first-order chi connectivity index (χ1) is 43.0. The molecular weight excluding hydrogens is 1340 g/mol. The number of sulfonamides is 2. The number of nitrogens with zero attached hydrogens (tertiary/aromatic N) is 2. The van der Waals surface area contributed by atoms with Gasteiger partial charge in [-0.2, -0.15) is 0 Å². The molecule has 0 radical (unpaired) electrons. The van der Waals surface area contributed by atoms with Crippen LogP contribution in [0.15, 0.2) is 234 Å². The molecule has 21 heteroatoms. The molecule has 0 aliphatic heterocycles. The van der Waals surface area contributed by atoms with Crippen LogP contribution in [-0.2, 0) is 28.9 Å². The number of nitrogens with two attached hydrogens (primary N) is 2. The number of primary sulfonamides is 2. The molecule has 0 amide bonds. The summed E-state index contributed by atoms with van der Waals surface area (Å²) in [6, 6.07) is 66.4. The Morgan fingerprint density at radius 3 is 1.01 bits per heavy atom. The Morgan fingerprint density at radius 2 is 0.747 bits per heavy atom. The van der Waals surface area contributed by atoms with Gasteiger partial charge in [-0.1, -0.05) is 204 Å². The van der Waals surface area contributed by atoms with E-state index in [2.05, 4.69) is 64.1 Å². The minimum Gasteiger partial charge on any atom is -0.484 e. The molecule has 472 valence electrons. The lowest BCUT2D eigenvalue weighted by Gasteiger charge is -2.44. The summed E-state index contributed by atoms with van der Waals surface area (Å²) in [5, 5.41) is 39.6. The standard InChI is InChI=1S/C70H73IN4O12S2Si2/c1-48-32-42-64(88(72,80)81)58(44-48)60(46-84-90(69(3,4)5,54-22-13-9-14-23-54)55-24-15-10-16-25-55)67(50-34-38-52(39-35-50)74(76)77)86-62-30-21-31-63(66(62)71)87-68(51-36-40-53(41-37-51)75(78)79)61(59-45-49(2)33-43-65(59)89(73,82)83)47-85-91(70(6,7)8,56-26-17-11-18-27-56)57-28-19-12-20-29-57/h9-45,60-61,67-68H,46-47H2,1-8H3,(H2,72,80,81)(H2,73,82,83)/t60-,61-,67+,68+/m1/s1. The summed E-state index contributed by atoms with van der Waals surface area (Å²) in [5.41, 5.74) is 2.41. The summed E-state index contributed by atoms with van der Waals surface area (Å²) in [4.78, 5) is 23.2. The van der Waals surface area contributed by atoms with Gasteiger partial charge in [0, 0.05) is 49.3 Å². The fourth-order valence-corrected chi connectivity index (χ4v) is 23.7. The summed E-state index contributed by atoms with van der Waals surface area (Å²) >= 11 is 2.11. The molecule has 0 bridgehead atoms. The topological polar surface area (TPSA) is 244 Å². The number of halogens is 1. The van der Waals surface area contributed by atoms with Gasteiger partial charge in [-0.25, -0.2) is 27.1 Å². The van der Waals surface area contributed by atoms with Crippen LogP contribution in [0.4, 0.5) is 11.4 Å².